The molecular weight excluding hydrogens is 458 g/mol. The minimum atomic E-state index is -0.353. The van der Waals surface area contributed by atoms with Gasteiger partial charge in [-0.25, -0.2) is 9.78 Å². The third kappa shape index (κ3) is 5.42. The number of fused-ring (bicyclic) bond motifs is 1. The third-order valence-electron chi connectivity index (χ3n) is 5.78. The van der Waals surface area contributed by atoms with Gasteiger partial charge in [0.05, 0.1) is 16.9 Å². The number of H-pyrrole nitrogens is 1. The molecule has 4 heterocycles. The van der Waals surface area contributed by atoms with E-state index < -0.39 is 0 Å². The number of rotatable bonds is 6. The molecule has 1 fully saturated rings. The molecule has 1 aliphatic rings. The molecule has 0 aromatic carbocycles. The van der Waals surface area contributed by atoms with Gasteiger partial charge in [-0.3, -0.25) is 23.9 Å². The molecule has 0 unspecified atom stereocenters. The van der Waals surface area contributed by atoms with E-state index >= 15 is 0 Å². The molecule has 0 saturated carbocycles. The molecule has 4 rings (SSSR count). The molecule has 2 N–H and O–H groups in total. The van der Waals surface area contributed by atoms with Crippen molar-refractivity contribution in [1.82, 2.24) is 19.4 Å². The maximum Gasteiger partial charge on any atom is 0.328 e. The number of aromatic nitrogens is 3. The summed E-state index contributed by atoms with van der Waals surface area (Å²) in [4.78, 5) is 57.8. The predicted octanol–water partition coefficient (Wildman–Crippen LogP) is 2.09. The van der Waals surface area contributed by atoms with Crippen LogP contribution in [0.25, 0.3) is 10.2 Å². The molecule has 10 nitrogen and oxygen atoms in total. The first-order valence-corrected chi connectivity index (χ1v) is 12.0. The average Bonchev–Trinajstić information content (AvgIpc) is 3.22. The predicted molar refractivity (Wildman–Crippen MR) is 132 cm³/mol. The molecule has 3 aromatic rings. The van der Waals surface area contributed by atoms with Gasteiger partial charge in [-0.2, -0.15) is 0 Å². The Morgan fingerprint density at radius 1 is 1.21 bits per heavy atom. The lowest BCUT2D eigenvalue weighted by Crippen LogP contribution is -2.46. The first-order chi connectivity index (χ1) is 16.3. The van der Waals surface area contributed by atoms with Crippen molar-refractivity contribution in [3.8, 4) is 0 Å². The number of carbonyl (C=O) groups excluding carboxylic acids is 1. The maximum atomic E-state index is 12.5. The van der Waals surface area contributed by atoms with Crippen LogP contribution in [-0.2, 0) is 17.9 Å². The second-order valence-corrected chi connectivity index (χ2v) is 9.02. The molecule has 34 heavy (non-hydrogen) atoms. The van der Waals surface area contributed by atoms with Crippen LogP contribution in [-0.4, -0.2) is 63.0 Å². The van der Waals surface area contributed by atoms with Crippen LogP contribution in [0.4, 0.5) is 5.69 Å². The number of carbonyl (C=O) groups is 2. The highest BCUT2D eigenvalue weighted by Crippen LogP contribution is 2.24. The van der Waals surface area contributed by atoms with Gasteiger partial charge < -0.3 is 15.0 Å². The van der Waals surface area contributed by atoms with Crippen molar-refractivity contribution in [2.24, 2.45) is 0 Å². The van der Waals surface area contributed by atoms with Crippen LogP contribution in [0.1, 0.15) is 41.3 Å². The fourth-order valence-electron chi connectivity index (χ4n) is 4.05. The van der Waals surface area contributed by atoms with Crippen LogP contribution in [0, 0.1) is 6.92 Å². The number of aromatic amines is 1. The Labute approximate surface area is 200 Å². The number of hydrogen-bond donors (Lipinski definition) is 2. The quantitative estimate of drug-likeness (QED) is 0.400. The first kappa shape index (κ1) is 25.3. The van der Waals surface area contributed by atoms with E-state index in [1.54, 1.807) is 6.92 Å². The lowest BCUT2D eigenvalue weighted by Gasteiger charge is -2.36. The topological polar surface area (TPSA) is 129 Å². The number of pyridine rings is 1. The Bertz CT molecular complexity index is 1290. The van der Waals surface area contributed by atoms with Crippen LogP contribution < -0.4 is 16.1 Å². The van der Waals surface area contributed by atoms with Gasteiger partial charge in [-0.05, 0) is 32.0 Å². The van der Waals surface area contributed by atoms with Crippen molar-refractivity contribution in [1.29, 1.82) is 0 Å². The lowest BCUT2D eigenvalue weighted by molar-refractivity contribution is -0.122. The first-order valence-electron chi connectivity index (χ1n) is 11.1. The van der Waals surface area contributed by atoms with Gasteiger partial charge in [-0.15, -0.1) is 11.3 Å². The van der Waals surface area contributed by atoms with Gasteiger partial charge in [0.25, 0.3) is 12.0 Å². The van der Waals surface area contributed by atoms with Crippen molar-refractivity contribution >= 4 is 39.5 Å². The third-order valence-corrected chi connectivity index (χ3v) is 6.89. The highest BCUT2D eigenvalue weighted by molar-refractivity contribution is 7.18. The zero-order valence-electron chi connectivity index (χ0n) is 19.5. The fraction of sp³-hybridized carbons (Fsp3) is 0.435. The summed E-state index contributed by atoms with van der Waals surface area (Å²) in [5.74, 6) is 0.0647. The number of anilines is 1. The monoisotopic (exact) mass is 487 g/mol. The van der Waals surface area contributed by atoms with Gasteiger partial charge in [0.1, 0.15) is 10.4 Å². The molecule has 0 atom stereocenters. The van der Waals surface area contributed by atoms with E-state index in [-0.39, 0.29) is 23.5 Å². The number of ketones is 1. The van der Waals surface area contributed by atoms with E-state index in [0.29, 0.717) is 28.9 Å². The van der Waals surface area contributed by atoms with Crippen LogP contribution in [0.15, 0.2) is 27.8 Å². The summed E-state index contributed by atoms with van der Waals surface area (Å²) >= 11 is 1.46. The zero-order chi connectivity index (χ0) is 24.8. The van der Waals surface area contributed by atoms with Gasteiger partial charge in [0.15, 0.2) is 5.78 Å². The van der Waals surface area contributed by atoms with Crippen molar-refractivity contribution in [3.63, 3.8) is 0 Å². The number of Topliss-reactive ketones (excluding diaryl/α,β-unsaturated/α-hetero) is 1. The Morgan fingerprint density at radius 2 is 1.88 bits per heavy atom. The van der Waals surface area contributed by atoms with Crippen molar-refractivity contribution < 1.29 is 14.7 Å². The standard InChI is InChI=1S/C22H27N5O3S.CH2O2/c1-4-19(28)16-6-7-18(14(3)23-16)26-10-8-25(9-11-26)13-15-12-17-20(31-15)21(29)27(5-2)22(30)24-17;2-1-3/h6-7,12H,4-5,8-11,13H2,1-3H3,(H,24,30);1H,(H,2,3). The van der Waals surface area contributed by atoms with E-state index in [1.165, 1.54) is 15.9 Å². The van der Waals surface area contributed by atoms with E-state index in [9.17, 15) is 14.4 Å². The van der Waals surface area contributed by atoms with E-state index in [2.05, 4.69) is 19.8 Å². The fourth-order valence-corrected chi connectivity index (χ4v) is 5.15. The van der Waals surface area contributed by atoms with E-state index in [0.717, 1.165) is 49.0 Å². The number of hydrogen-bond acceptors (Lipinski definition) is 8. The summed E-state index contributed by atoms with van der Waals surface area (Å²) in [6.45, 7) is 9.97. The van der Waals surface area contributed by atoms with Crippen LogP contribution in [0.5, 0.6) is 0 Å². The number of carboxylic acid groups (broad SMARTS) is 1. The Kier molecular flexibility index (Phi) is 8.35. The van der Waals surface area contributed by atoms with Crippen molar-refractivity contribution in [2.75, 3.05) is 31.1 Å². The Morgan fingerprint density at radius 3 is 2.47 bits per heavy atom. The largest absolute Gasteiger partial charge is 0.483 e. The zero-order valence-corrected chi connectivity index (χ0v) is 20.4. The van der Waals surface area contributed by atoms with Gasteiger partial charge in [0.2, 0.25) is 0 Å². The highest BCUT2D eigenvalue weighted by atomic mass is 32.1. The lowest BCUT2D eigenvalue weighted by atomic mass is 10.1. The van der Waals surface area contributed by atoms with Crippen LogP contribution in [0.3, 0.4) is 0 Å². The SMILES string of the molecule is CCC(=O)c1ccc(N2CCN(Cc3cc4[nH]c(=O)n(CC)c(=O)c4s3)CC2)c(C)n1.O=CO. The van der Waals surface area contributed by atoms with Crippen molar-refractivity contribution in [2.45, 2.75) is 40.3 Å². The number of thiophene rings is 1. The second-order valence-electron chi connectivity index (χ2n) is 7.88. The molecule has 1 aliphatic heterocycles. The second kappa shape index (κ2) is 11.2. The van der Waals surface area contributed by atoms with E-state index in [1.807, 2.05) is 32.0 Å². The van der Waals surface area contributed by atoms with Crippen LogP contribution >= 0.6 is 11.3 Å². The summed E-state index contributed by atoms with van der Waals surface area (Å²) in [6.07, 6.45) is 0.461. The molecule has 0 amide bonds. The molecule has 182 valence electrons. The van der Waals surface area contributed by atoms with Crippen molar-refractivity contribution in [3.05, 3.63) is 55.3 Å². The van der Waals surface area contributed by atoms with E-state index in [4.69, 9.17) is 9.90 Å². The van der Waals surface area contributed by atoms with Gasteiger partial charge >= 0.3 is 5.69 Å². The Balaban J connectivity index is 0.00000103. The summed E-state index contributed by atoms with van der Waals surface area (Å²) in [6, 6.07) is 5.75. The molecule has 3 aromatic heterocycles. The minimum absolute atomic E-state index is 0.0647. The smallest absolute Gasteiger partial charge is 0.328 e. The molecule has 0 radical (unpaired) electrons. The summed E-state index contributed by atoms with van der Waals surface area (Å²) < 4.78 is 1.84. The molecular formula is C23H29N5O5S. The molecule has 0 spiro atoms. The minimum Gasteiger partial charge on any atom is -0.483 e. The normalized spacial score (nSPS) is 14.0. The Hall–Kier alpha value is -3.31. The summed E-state index contributed by atoms with van der Waals surface area (Å²) in [7, 11) is 0. The number of nitrogens with zero attached hydrogens (tertiary/aromatic N) is 4. The number of piperazine rings is 1. The molecule has 0 bridgehead atoms. The molecule has 11 heteroatoms. The summed E-state index contributed by atoms with van der Waals surface area (Å²) in [5.41, 5.74) is 2.55. The van der Waals surface area contributed by atoms with Gasteiger partial charge in [-0.1, -0.05) is 6.92 Å². The number of nitrogens with one attached hydrogen (secondary N) is 1. The number of aryl methyl sites for hydroxylation is 1. The van der Waals surface area contributed by atoms with Crippen LogP contribution in [0.2, 0.25) is 0 Å². The highest BCUT2D eigenvalue weighted by Gasteiger charge is 2.21. The molecule has 1 saturated heterocycles. The molecule has 0 aliphatic carbocycles. The average molecular weight is 488 g/mol. The maximum absolute atomic E-state index is 12.5. The van der Waals surface area contributed by atoms with Gasteiger partial charge in [0, 0.05) is 50.6 Å². The summed E-state index contributed by atoms with van der Waals surface area (Å²) in [5, 5.41) is 6.89.